The number of carboxylic acids is 1. The fraction of sp³-hybridized carbons (Fsp3) is 0.278. The van der Waals surface area contributed by atoms with Gasteiger partial charge in [0, 0.05) is 5.56 Å². The van der Waals surface area contributed by atoms with Gasteiger partial charge in [0.2, 0.25) is 0 Å². The van der Waals surface area contributed by atoms with E-state index in [0.29, 0.717) is 16.9 Å². The Morgan fingerprint density at radius 2 is 1.83 bits per heavy atom. The maximum atomic E-state index is 14.2. The lowest BCUT2D eigenvalue weighted by atomic mass is 9.89. The van der Waals surface area contributed by atoms with Gasteiger partial charge in [-0.15, -0.1) is 0 Å². The van der Waals surface area contributed by atoms with Crippen molar-refractivity contribution in [2.24, 2.45) is 5.92 Å². The Kier molecular flexibility index (Phi) is 5.01. The van der Waals surface area contributed by atoms with Crippen molar-refractivity contribution in [2.75, 3.05) is 7.11 Å². The predicted molar refractivity (Wildman–Crippen MR) is 85.1 cm³/mol. The van der Waals surface area contributed by atoms with Gasteiger partial charge in [-0.05, 0) is 47.4 Å². The summed E-state index contributed by atoms with van der Waals surface area (Å²) in [6, 6.07) is 8.62. The fourth-order valence-corrected chi connectivity index (χ4v) is 2.38. The molecular formula is C18H19FO4. The minimum atomic E-state index is -1.10. The summed E-state index contributed by atoms with van der Waals surface area (Å²) in [5.74, 6) is -1.23. The summed E-state index contributed by atoms with van der Waals surface area (Å²) in [5.41, 5.74) is 1.14. The molecule has 2 rings (SSSR count). The zero-order chi connectivity index (χ0) is 17.1. The Hall–Kier alpha value is -2.40. The van der Waals surface area contributed by atoms with Gasteiger partial charge in [0.05, 0.1) is 18.8 Å². The summed E-state index contributed by atoms with van der Waals surface area (Å²) in [6.45, 7) is 3.62. The molecule has 2 N–H and O–H groups in total. The van der Waals surface area contributed by atoms with Crippen molar-refractivity contribution < 1.29 is 24.1 Å². The van der Waals surface area contributed by atoms with Gasteiger partial charge >= 0.3 is 5.97 Å². The van der Waals surface area contributed by atoms with Crippen LogP contribution in [0.5, 0.6) is 5.75 Å². The molecule has 0 fully saturated rings. The molecule has 2 aromatic rings. The van der Waals surface area contributed by atoms with E-state index in [2.05, 4.69) is 0 Å². The summed E-state index contributed by atoms with van der Waals surface area (Å²) in [7, 11) is 1.48. The third kappa shape index (κ3) is 3.51. The van der Waals surface area contributed by atoms with Gasteiger partial charge in [0.15, 0.2) is 0 Å². The molecule has 1 atom stereocenters. The molecule has 0 saturated heterocycles. The molecule has 0 aliphatic carbocycles. The van der Waals surface area contributed by atoms with Crippen molar-refractivity contribution in [3.63, 3.8) is 0 Å². The topological polar surface area (TPSA) is 66.8 Å². The first-order valence-electron chi connectivity index (χ1n) is 7.24. The molecule has 0 heterocycles. The molecule has 1 unspecified atom stereocenters. The molecule has 0 amide bonds. The molecule has 0 spiro atoms. The van der Waals surface area contributed by atoms with Crippen molar-refractivity contribution >= 4 is 5.97 Å². The molecule has 0 aliphatic heterocycles. The van der Waals surface area contributed by atoms with E-state index in [0.717, 1.165) is 0 Å². The highest BCUT2D eigenvalue weighted by molar-refractivity contribution is 5.89. The molecule has 122 valence electrons. The number of methoxy groups -OCH3 is 1. The number of aliphatic hydroxyl groups is 1. The van der Waals surface area contributed by atoms with Crippen molar-refractivity contribution in [1.82, 2.24) is 0 Å². The van der Waals surface area contributed by atoms with Crippen LogP contribution in [0.15, 0.2) is 36.4 Å². The first-order valence-corrected chi connectivity index (χ1v) is 7.24. The van der Waals surface area contributed by atoms with Gasteiger partial charge in [0.1, 0.15) is 11.6 Å². The number of hydrogen-bond donors (Lipinski definition) is 2. The second kappa shape index (κ2) is 6.79. The molecule has 4 nitrogen and oxygen atoms in total. The lowest BCUT2D eigenvalue weighted by Gasteiger charge is -2.20. The predicted octanol–water partition coefficient (Wildman–Crippen LogP) is 3.89. The number of hydrogen-bond acceptors (Lipinski definition) is 3. The van der Waals surface area contributed by atoms with Gasteiger partial charge in [-0.3, -0.25) is 0 Å². The third-order valence-electron chi connectivity index (χ3n) is 3.71. The highest BCUT2D eigenvalue weighted by Gasteiger charge is 2.21. The largest absolute Gasteiger partial charge is 0.497 e. The second-order valence-electron chi connectivity index (χ2n) is 5.64. The zero-order valence-electron chi connectivity index (χ0n) is 13.2. The lowest BCUT2D eigenvalue weighted by molar-refractivity contribution is 0.0696. The van der Waals surface area contributed by atoms with Crippen LogP contribution in [0.25, 0.3) is 11.1 Å². The summed E-state index contributed by atoms with van der Waals surface area (Å²) < 4.78 is 19.4. The molecular weight excluding hydrogens is 299 g/mol. The standard InChI is InChI=1S/C18H19FO4/c1-10(2)17(20)15-8-11(18(21)22)4-6-13(15)14-9-12(23-3)5-7-16(14)19/h4-10,17,20H,1-3H3,(H,21,22). The molecule has 0 saturated carbocycles. The molecule has 2 aromatic carbocycles. The van der Waals surface area contributed by atoms with Crippen LogP contribution in [-0.4, -0.2) is 23.3 Å². The highest BCUT2D eigenvalue weighted by Crippen LogP contribution is 2.35. The zero-order valence-corrected chi connectivity index (χ0v) is 13.2. The van der Waals surface area contributed by atoms with Gasteiger partial charge < -0.3 is 14.9 Å². The second-order valence-corrected chi connectivity index (χ2v) is 5.64. The number of rotatable bonds is 5. The van der Waals surface area contributed by atoms with Crippen LogP contribution in [0.2, 0.25) is 0 Å². The Bertz CT molecular complexity index is 725. The number of halogens is 1. The number of ether oxygens (including phenoxy) is 1. The molecule has 0 aromatic heterocycles. The lowest BCUT2D eigenvalue weighted by Crippen LogP contribution is -2.09. The van der Waals surface area contributed by atoms with Crippen molar-refractivity contribution in [2.45, 2.75) is 20.0 Å². The van der Waals surface area contributed by atoms with Gasteiger partial charge in [-0.2, -0.15) is 0 Å². The average Bonchev–Trinajstić information content (AvgIpc) is 2.54. The van der Waals surface area contributed by atoms with Crippen molar-refractivity contribution in [3.05, 3.63) is 53.3 Å². The number of carboxylic acid groups (broad SMARTS) is 1. The maximum absolute atomic E-state index is 14.2. The fourth-order valence-electron chi connectivity index (χ4n) is 2.38. The maximum Gasteiger partial charge on any atom is 0.335 e. The van der Waals surface area contributed by atoms with Gasteiger partial charge in [-0.1, -0.05) is 19.9 Å². The molecule has 5 heteroatoms. The van der Waals surface area contributed by atoms with Gasteiger partial charge in [-0.25, -0.2) is 9.18 Å². The van der Waals surface area contributed by atoms with E-state index < -0.39 is 17.9 Å². The van der Waals surface area contributed by atoms with Crippen LogP contribution in [-0.2, 0) is 0 Å². The van der Waals surface area contributed by atoms with E-state index in [4.69, 9.17) is 9.84 Å². The number of benzene rings is 2. The summed E-state index contributed by atoms with van der Waals surface area (Å²) >= 11 is 0. The van der Waals surface area contributed by atoms with E-state index in [1.807, 2.05) is 13.8 Å². The Balaban J connectivity index is 2.68. The first kappa shape index (κ1) is 17.0. The van der Waals surface area contributed by atoms with Crippen LogP contribution in [0.3, 0.4) is 0 Å². The third-order valence-corrected chi connectivity index (χ3v) is 3.71. The van der Waals surface area contributed by atoms with Crippen LogP contribution >= 0.6 is 0 Å². The van der Waals surface area contributed by atoms with E-state index in [1.165, 1.54) is 43.5 Å². The Morgan fingerprint density at radius 1 is 1.13 bits per heavy atom. The number of aliphatic hydroxyl groups excluding tert-OH is 1. The summed E-state index contributed by atoms with van der Waals surface area (Å²) in [4.78, 5) is 11.2. The minimum absolute atomic E-state index is 0.0479. The van der Waals surface area contributed by atoms with E-state index in [9.17, 15) is 14.3 Å². The normalized spacial score (nSPS) is 12.3. The molecule has 0 aliphatic rings. The van der Waals surface area contributed by atoms with Crippen molar-refractivity contribution in [3.8, 4) is 16.9 Å². The SMILES string of the molecule is COc1ccc(F)c(-c2ccc(C(=O)O)cc2C(O)C(C)C)c1. The Morgan fingerprint density at radius 3 is 2.39 bits per heavy atom. The molecule has 0 radical (unpaired) electrons. The molecule has 23 heavy (non-hydrogen) atoms. The van der Waals surface area contributed by atoms with Crippen molar-refractivity contribution in [1.29, 1.82) is 0 Å². The monoisotopic (exact) mass is 318 g/mol. The van der Waals surface area contributed by atoms with E-state index >= 15 is 0 Å². The smallest absolute Gasteiger partial charge is 0.335 e. The van der Waals surface area contributed by atoms with Crippen LogP contribution in [0.4, 0.5) is 4.39 Å². The van der Waals surface area contributed by atoms with Crippen LogP contribution < -0.4 is 4.74 Å². The van der Waals surface area contributed by atoms with Gasteiger partial charge in [0.25, 0.3) is 0 Å². The highest BCUT2D eigenvalue weighted by atomic mass is 19.1. The van der Waals surface area contributed by atoms with Crippen LogP contribution in [0, 0.1) is 11.7 Å². The number of aromatic carboxylic acids is 1. The van der Waals surface area contributed by atoms with E-state index in [-0.39, 0.29) is 17.0 Å². The Labute approximate surface area is 134 Å². The quantitative estimate of drug-likeness (QED) is 0.877. The summed E-state index contributed by atoms with van der Waals surface area (Å²) in [5, 5.41) is 19.6. The number of carbonyl (C=O) groups is 1. The summed E-state index contributed by atoms with van der Waals surface area (Å²) in [6.07, 6.45) is -0.907. The molecule has 0 bridgehead atoms. The van der Waals surface area contributed by atoms with E-state index in [1.54, 1.807) is 0 Å². The first-order chi connectivity index (χ1) is 10.8. The average molecular weight is 318 g/mol. The van der Waals surface area contributed by atoms with Crippen LogP contribution in [0.1, 0.15) is 35.9 Å². The minimum Gasteiger partial charge on any atom is -0.497 e.